The highest BCUT2D eigenvalue weighted by atomic mass is 79.9. The summed E-state index contributed by atoms with van der Waals surface area (Å²) in [6.07, 6.45) is 0.254. The molecule has 1 heterocycles. The minimum atomic E-state index is -0.702. The van der Waals surface area contributed by atoms with Gasteiger partial charge in [0.25, 0.3) is 0 Å². The summed E-state index contributed by atoms with van der Waals surface area (Å²) in [5, 5.41) is 9.28. The van der Waals surface area contributed by atoms with Gasteiger partial charge in [-0.25, -0.2) is 4.98 Å². The SMILES string of the molecule is COC(Oc1cccnc1Br)C(C)O. The first-order valence-electron chi connectivity index (χ1n) is 4.13. The quantitative estimate of drug-likeness (QED) is 0.661. The van der Waals surface area contributed by atoms with Crippen molar-refractivity contribution in [3.05, 3.63) is 22.9 Å². The molecule has 0 saturated carbocycles. The van der Waals surface area contributed by atoms with Gasteiger partial charge < -0.3 is 14.6 Å². The lowest BCUT2D eigenvalue weighted by Crippen LogP contribution is -2.31. The van der Waals surface area contributed by atoms with Gasteiger partial charge in [0.1, 0.15) is 10.7 Å². The molecule has 1 aromatic heterocycles. The first kappa shape index (κ1) is 11.4. The van der Waals surface area contributed by atoms with Gasteiger partial charge in [0.05, 0.1) is 0 Å². The highest BCUT2D eigenvalue weighted by Gasteiger charge is 2.16. The molecule has 0 aliphatic carbocycles. The van der Waals surface area contributed by atoms with Crippen LogP contribution in [0.2, 0.25) is 0 Å². The Labute approximate surface area is 91.0 Å². The van der Waals surface area contributed by atoms with Crippen LogP contribution in [0.15, 0.2) is 22.9 Å². The molecule has 78 valence electrons. The summed E-state index contributed by atoms with van der Waals surface area (Å²) in [5.41, 5.74) is 0. The minimum Gasteiger partial charge on any atom is -0.459 e. The Bertz CT molecular complexity index is 293. The van der Waals surface area contributed by atoms with Crippen LogP contribution in [0.3, 0.4) is 0 Å². The van der Waals surface area contributed by atoms with Crippen molar-refractivity contribution in [1.82, 2.24) is 4.98 Å². The number of ether oxygens (including phenoxy) is 2. The van der Waals surface area contributed by atoms with Gasteiger partial charge >= 0.3 is 0 Å². The van der Waals surface area contributed by atoms with E-state index in [4.69, 9.17) is 9.47 Å². The fourth-order valence-corrected chi connectivity index (χ4v) is 1.27. The van der Waals surface area contributed by atoms with Crippen molar-refractivity contribution in [2.24, 2.45) is 0 Å². The van der Waals surface area contributed by atoms with E-state index in [-0.39, 0.29) is 0 Å². The standard InChI is InChI=1S/C9H12BrNO3/c1-6(12)9(13-2)14-7-4-3-5-11-8(7)10/h3-6,9,12H,1-2H3. The summed E-state index contributed by atoms with van der Waals surface area (Å²) >= 11 is 3.23. The third-order valence-corrected chi connectivity index (χ3v) is 2.19. The maximum Gasteiger partial charge on any atom is 0.225 e. The van der Waals surface area contributed by atoms with Crippen molar-refractivity contribution < 1.29 is 14.6 Å². The molecule has 14 heavy (non-hydrogen) atoms. The second-order valence-electron chi connectivity index (χ2n) is 2.75. The van der Waals surface area contributed by atoms with Crippen LogP contribution in [0.25, 0.3) is 0 Å². The van der Waals surface area contributed by atoms with E-state index in [1.54, 1.807) is 25.3 Å². The van der Waals surface area contributed by atoms with Crippen LogP contribution in [-0.4, -0.2) is 29.6 Å². The number of pyridine rings is 1. The Kier molecular flexibility index (Phi) is 4.31. The predicted octanol–water partition coefficient (Wildman–Crippen LogP) is 1.58. The smallest absolute Gasteiger partial charge is 0.225 e. The molecule has 0 aliphatic rings. The molecule has 0 spiro atoms. The van der Waals surface area contributed by atoms with Gasteiger partial charge in [0.15, 0.2) is 5.75 Å². The average molecular weight is 262 g/mol. The Morgan fingerprint density at radius 2 is 2.29 bits per heavy atom. The second-order valence-corrected chi connectivity index (χ2v) is 3.51. The Hall–Kier alpha value is -0.650. The number of methoxy groups -OCH3 is 1. The average Bonchev–Trinajstić information content (AvgIpc) is 2.16. The van der Waals surface area contributed by atoms with Crippen molar-refractivity contribution in [2.75, 3.05) is 7.11 Å². The number of aromatic nitrogens is 1. The lowest BCUT2D eigenvalue weighted by Gasteiger charge is -2.19. The highest BCUT2D eigenvalue weighted by molar-refractivity contribution is 9.10. The van der Waals surface area contributed by atoms with Crippen molar-refractivity contribution in [1.29, 1.82) is 0 Å². The van der Waals surface area contributed by atoms with E-state index < -0.39 is 12.4 Å². The van der Waals surface area contributed by atoms with Crippen LogP contribution in [0.1, 0.15) is 6.92 Å². The molecule has 5 heteroatoms. The van der Waals surface area contributed by atoms with Gasteiger partial charge in [-0.3, -0.25) is 0 Å². The summed E-state index contributed by atoms with van der Waals surface area (Å²) in [6.45, 7) is 1.60. The molecule has 1 N–H and O–H groups in total. The van der Waals surface area contributed by atoms with E-state index in [1.807, 2.05) is 0 Å². The van der Waals surface area contributed by atoms with Gasteiger partial charge in [0, 0.05) is 13.3 Å². The van der Waals surface area contributed by atoms with E-state index in [1.165, 1.54) is 7.11 Å². The number of aliphatic hydroxyl groups is 1. The summed E-state index contributed by atoms with van der Waals surface area (Å²) in [7, 11) is 1.47. The topological polar surface area (TPSA) is 51.6 Å². The molecular weight excluding hydrogens is 250 g/mol. The van der Waals surface area contributed by atoms with Crippen molar-refractivity contribution in [3.63, 3.8) is 0 Å². The van der Waals surface area contributed by atoms with E-state index in [0.717, 1.165) is 0 Å². The zero-order valence-electron chi connectivity index (χ0n) is 7.98. The summed E-state index contributed by atoms with van der Waals surface area (Å²) in [4.78, 5) is 3.98. The van der Waals surface area contributed by atoms with Gasteiger partial charge in [0.2, 0.25) is 6.29 Å². The fourth-order valence-electron chi connectivity index (χ4n) is 0.928. The zero-order chi connectivity index (χ0) is 10.6. The van der Waals surface area contributed by atoms with E-state index in [9.17, 15) is 5.11 Å². The summed E-state index contributed by atoms with van der Waals surface area (Å²) < 4.78 is 10.9. The molecule has 0 saturated heterocycles. The normalized spacial score (nSPS) is 14.9. The molecule has 0 bridgehead atoms. The summed E-state index contributed by atoms with van der Waals surface area (Å²) in [5.74, 6) is 0.542. The fraction of sp³-hybridized carbons (Fsp3) is 0.444. The van der Waals surface area contributed by atoms with Gasteiger partial charge in [-0.15, -0.1) is 0 Å². The van der Waals surface area contributed by atoms with E-state index in [0.29, 0.717) is 10.4 Å². The molecular formula is C9H12BrNO3. The Morgan fingerprint density at radius 1 is 1.57 bits per heavy atom. The number of hydrogen-bond acceptors (Lipinski definition) is 4. The molecule has 2 unspecified atom stereocenters. The van der Waals surface area contributed by atoms with Crippen LogP contribution in [0, 0.1) is 0 Å². The molecule has 4 nitrogen and oxygen atoms in total. The minimum absolute atomic E-state index is 0.542. The number of aliphatic hydroxyl groups excluding tert-OH is 1. The number of rotatable bonds is 4. The van der Waals surface area contributed by atoms with Crippen molar-refractivity contribution >= 4 is 15.9 Å². The van der Waals surface area contributed by atoms with Crippen molar-refractivity contribution in [2.45, 2.75) is 19.3 Å². The van der Waals surface area contributed by atoms with Gasteiger partial charge in [-0.1, -0.05) is 0 Å². The third-order valence-electron chi connectivity index (χ3n) is 1.59. The summed E-state index contributed by atoms with van der Waals surface area (Å²) in [6, 6.07) is 3.49. The van der Waals surface area contributed by atoms with Crippen molar-refractivity contribution in [3.8, 4) is 5.75 Å². The lowest BCUT2D eigenvalue weighted by molar-refractivity contribution is -0.120. The monoisotopic (exact) mass is 261 g/mol. The largest absolute Gasteiger partial charge is 0.459 e. The molecule has 1 aromatic rings. The van der Waals surface area contributed by atoms with Crippen LogP contribution in [0.5, 0.6) is 5.75 Å². The zero-order valence-corrected chi connectivity index (χ0v) is 9.56. The first-order chi connectivity index (χ1) is 6.65. The molecule has 2 atom stereocenters. The van der Waals surface area contributed by atoms with Crippen LogP contribution < -0.4 is 4.74 Å². The Balaban J connectivity index is 2.72. The lowest BCUT2D eigenvalue weighted by atomic mass is 10.4. The van der Waals surface area contributed by atoms with Crippen LogP contribution in [-0.2, 0) is 4.74 Å². The molecule has 0 amide bonds. The number of halogens is 1. The predicted molar refractivity (Wildman–Crippen MR) is 55.0 cm³/mol. The first-order valence-corrected chi connectivity index (χ1v) is 4.92. The second kappa shape index (κ2) is 5.29. The maximum atomic E-state index is 9.28. The maximum absolute atomic E-state index is 9.28. The molecule has 1 rings (SSSR count). The molecule has 0 radical (unpaired) electrons. The number of nitrogens with zero attached hydrogens (tertiary/aromatic N) is 1. The third kappa shape index (κ3) is 2.94. The highest BCUT2D eigenvalue weighted by Crippen LogP contribution is 2.22. The van der Waals surface area contributed by atoms with E-state index >= 15 is 0 Å². The Morgan fingerprint density at radius 3 is 2.79 bits per heavy atom. The van der Waals surface area contributed by atoms with Gasteiger partial charge in [-0.2, -0.15) is 0 Å². The van der Waals surface area contributed by atoms with E-state index in [2.05, 4.69) is 20.9 Å². The molecule has 0 aromatic carbocycles. The number of hydrogen-bond donors (Lipinski definition) is 1. The van der Waals surface area contributed by atoms with Gasteiger partial charge in [-0.05, 0) is 35.0 Å². The van der Waals surface area contributed by atoms with Crippen LogP contribution in [0.4, 0.5) is 0 Å². The molecule has 0 fully saturated rings. The molecule has 0 aliphatic heterocycles. The van der Waals surface area contributed by atoms with Crippen LogP contribution >= 0.6 is 15.9 Å².